The third kappa shape index (κ3) is 4.55. The summed E-state index contributed by atoms with van der Waals surface area (Å²) in [7, 11) is 0. The Kier molecular flexibility index (Phi) is 5.73. The van der Waals surface area contributed by atoms with Crippen LogP contribution >= 0.6 is 15.9 Å². The molecule has 0 aromatic heterocycles. The highest BCUT2D eigenvalue weighted by molar-refractivity contribution is 9.10. The van der Waals surface area contributed by atoms with Crippen LogP contribution in [0.15, 0.2) is 124 Å². The zero-order valence-electron chi connectivity index (χ0n) is 15.5. The minimum Gasteiger partial charge on any atom is -0.289 e. The van der Waals surface area contributed by atoms with Gasteiger partial charge in [0.05, 0.1) is 11.9 Å². The topological polar surface area (TPSA) is 41.8 Å². The second kappa shape index (κ2) is 8.76. The van der Waals surface area contributed by atoms with Gasteiger partial charge >= 0.3 is 0 Å². The highest BCUT2D eigenvalue weighted by atomic mass is 79.9. The van der Waals surface area contributed by atoms with Crippen molar-refractivity contribution in [3.63, 3.8) is 0 Å². The van der Waals surface area contributed by atoms with Gasteiger partial charge in [0.2, 0.25) is 0 Å². The normalized spacial score (nSPS) is 14.0. The molecular weight excluding hydrogens is 424 g/mol. The molecule has 0 saturated carbocycles. The molecule has 0 unspecified atom stereocenters. The molecule has 3 aromatic rings. The average molecular weight is 441 g/mol. The number of benzene rings is 3. The fourth-order valence-electron chi connectivity index (χ4n) is 3.06. The lowest BCUT2D eigenvalue weighted by atomic mass is 9.86. The molecule has 0 bridgehead atoms. The minimum atomic E-state index is 0.00407. The van der Waals surface area contributed by atoms with Crippen molar-refractivity contribution in [3.8, 4) is 0 Å². The Morgan fingerprint density at radius 2 is 1.21 bits per heavy atom. The van der Waals surface area contributed by atoms with Gasteiger partial charge in [-0.15, -0.1) is 0 Å². The molecule has 4 rings (SSSR count). The van der Waals surface area contributed by atoms with Crippen LogP contribution in [0.5, 0.6) is 0 Å². The van der Waals surface area contributed by atoms with Crippen LogP contribution in [0.2, 0.25) is 0 Å². The van der Waals surface area contributed by atoms with Crippen LogP contribution in [0.25, 0.3) is 11.1 Å². The van der Waals surface area contributed by atoms with E-state index in [1.165, 1.54) is 0 Å². The lowest BCUT2D eigenvalue weighted by Gasteiger charge is -2.16. The van der Waals surface area contributed by atoms with Crippen molar-refractivity contribution in [2.75, 3.05) is 0 Å². The van der Waals surface area contributed by atoms with Crippen LogP contribution in [-0.4, -0.2) is 5.78 Å². The van der Waals surface area contributed by atoms with Crippen LogP contribution < -0.4 is 0 Å². The quantitative estimate of drug-likeness (QED) is 0.396. The molecule has 1 aliphatic carbocycles. The van der Waals surface area contributed by atoms with E-state index in [1.54, 1.807) is 6.20 Å². The van der Waals surface area contributed by atoms with Crippen LogP contribution in [0.1, 0.15) is 11.1 Å². The molecule has 1 aliphatic rings. The first-order valence-electron chi connectivity index (χ1n) is 9.16. The van der Waals surface area contributed by atoms with E-state index in [1.807, 2.05) is 97.1 Å². The standard InChI is InChI=1S/C25H17BrN2O/c26-21-11-13-22(14-12-21)28-27-17-18-15-23(19-7-3-1-4-8-19)25(29)24(16-18)20-9-5-2-6-10-20/h1-17H. The maximum absolute atomic E-state index is 13.2. The zero-order valence-corrected chi connectivity index (χ0v) is 17.1. The number of azo groups is 1. The summed E-state index contributed by atoms with van der Waals surface area (Å²) < 4.78 is 0.992. The van der Waals surface area contributed by atoms with Crippen molar-refractivity contribution in [2.24, 2.45) is 10.2 Å². The molecule has 0 fully saturated rings. The van der Waals surface area contributed by atoms with Gasteiger partial charge in [-0.2, -0.15) is 10.2 Å². The van der Waals surface area contributed by atoms with Crippen LogP contribution in [0.3, 0.4) is 0 Å². The number of nitrogens with zero attached hydrogens (tertiary/aromatic N) is 2. The molecule has 0 N–H and O–H groups in total. The van der Waals surface area contributed by atoms with Gasteiger partial charge in [-0.3, -0.25) is 4.79 Å². The van der Waals surface area contributed by atoms with Crippen molar-refractivity contribution >= 4 is 38.5 Å². The maximum atomic E-state index is 13.2. The number of carbonyl (C=O) groups excluding carboxylic acids is 1. The Labute approximate surface area is 178 Å². The van der Waals surface area contributed by atoms with E-state index in [9.17, 15) is 4.79 Å². The summed E-state index contributed by atoms with van der Waals surface area (Å²) in [5, 5.41) is 8.46. The van der Waals surface area contributed by atoms with Crippen LogP contribution in [0, 0.1) is 0 Å². The highest BCUT2D eigenvalue weighted by Crippen LogP contribution is 2.32. The summed E-state index contributed by atoms with van der Waals surface area (Å²) in [6.45, 7) is 0. The SMILES string of the molecule is O=C1C(c2ccccc2)=CC(=CN=Nc2ccc(Br)cc2)C=C1c1ccccc1. The van der Waals surface area contributed by atoms with E-state index in [0.717, 1.165) is 26.9 Å². The number of halogens is 1. The van der Waals surface area contributed by atoms with E-state index >= 15 is 0 Å². The Bertz CT molecular complexity index is 1080. The van der Waals surface area contributed by atoms with E-state index < -0.39 is 0 Å². The molecular formula is C25H17BrN2O. The van der Waals surface area contributed by atoms with Gasteiger partial charge in [0.25, 0.3) is 0 Å². The number of carbonyl (C=O) groups is 1. The predicted octanol–water partition coefficient (Wildman–Crippen LogP) is 7.17. The molecule has 0 spiro atoms. The number of allylic oxidation sites excluding steroid dienone is 5. The molecule has 140 valence electrons. The molecule has 3 nitrogen and oxygen atoms in total. The zero-order chi connectivity index (χ0) is 20.1. The largest absolute Gasteiger partial charge is 0.289 e. The van der Waals surface area contributed by atoms with Gasteiger partial charge in [-0.05, 0) is 53.1 Å². The first-order chi connectivity index (χ1) is 14.2. The number of rotatable bonds is 4. The summed E-state index contributed by atoms with van der Waals surface area (Å²) >= 11 is 3.41. The molecule has 0 amide bonds. The second-order valence-electron chi connectivity index (χ2n) is 6.50. The highest BCUT2D eigenvalue weighted by Gasteiger charge is 2.22. The number of hydrogen-bond donors (Lipinski definition) is 0. The number of ketones is 1. The van der Waals surface area contributed by atoms with Crippen molar-refractivity contribution in [1.29, 1.82) is 0 Å². The second-order valence-corrected chi connectivity index (χ2v) is 7.41. The lowest BCUT2D eigenvalue weighted by Crippen LogP contribution is -2.09. The predicted molar refractivity (Wildman–Crippen MR) is 121 cm³/mol. The van der Waals surface area contributed by atoms with E-state index in [4.69, 9.17) is 0 Å². The third-order valence-electron chi connectivity index (χ3n) is 4.49. The summed E-state index contributed by atoms with van der Waals surface area (Å²) in [6.07, 6.45) is 5.41. The van der Waals surface area contributed by atoms with Gasteiger partial charge < -0.3 is 0 Å². The van der Waals surface area contributed by atoms with Crippen molar-refractivity contribution in [2.45, 2.75) is 0 Å². The van der Waals surface area contributed by atoms with Crippen molar-refractivity contribution < 1.29 is 4.79 Å². The van der Waals surface area contributed by atoms with Gasteiger partial charge in [0.15, 0.2) is 5.78 Å². The molecule has 0 heterocycles. The summed E-state index contributed by atoms with van der Waals surface area (Å²) in [5.41, 5.74) is 4.65. The molecule has 0 aliphatic heterocycles. The number of Topliss-reactive ketones (excluding diaryl/α,β-unsaturated/α-hetero) is 1. The third-order valence-corrected chi connectivity index (χ3v) is 5.02. The summed E-state index contributed by atoms with van der Waals surface area (Å²) in [5.74, 6) is 0.00407. The lowest BCUT2D eigenvalue weighted by molar-refractivity contribution is -0.108. The van der Waals surface area contributed by atoms with Crippen molar-refractivity contribution in [3.05, 3.63) is 124 Å². The summed E-state index contributed by atoms with van der Waals surface area (Å²) in [4.78, 5) is 13.2. The van der Waals surface area contributed by atoms with Crippen LogP contribution in [-0.2, 0) is 4.79 Å². The summed E-state index contributed by atoms with van der Waals surface area (Å²) in [6, 6.07) is 27.0. The molecule has 0 saturated heterocycles. The van der Waals surface area contributed by atoms with Gasteiger partial charge in [-0.1, -0.05) is 76.6 Å². The maximum Gasteiger partial charge on any atom is 0.194 e. The fraction of sp³-hybridized carbons (Fsp3) is 0. The van der Waals surface area contributed by atoms with E-state index in [0.29, 0.717) is 11.1 Å². The molecule has 29 heavy (non-hydrogen) atoms. The van der Waals surface area contributed by atoms with Gasteiger partial charge in [0, 0.05) is 15.6 Å². The Morgan fingerprint density at radius 3 is 1.72 bits per heavy atom. The molecule has 0 atom stereocenters. The Hall–Kier alpha value is -3.37. The van der Waals surface area contributed by atoms with Crippen LogP contribution in [0.4, 0.5) is 5.69 Å². The smallest absolute Gasteiger partial charge is 0.194 e. The average Bonchev–Trinajstić information content (AvgIpc) is 2.77. The van der Waals surface area contributed by atoms with E-state index in [-0.39, 0.29) is 5.78 Å². The monoisotopic (exact) mass is 440 g/mol. The first kappa shape index (κ1) is 19.0. The fourth-order valence-corrected chi connectivity index (χ4v) is 3.32. The van der Waals surface area contributed by atoms with Gasteiger partial charge in [-0.25, -0.2) is 0 Å². The Morgan fingerprint density at radius 1 is 0.690 bits per heavy atom. The van der Waals surface area contributed by atoms with Crippen molar-refractivity contribution in [1.82, 2.24) is 0 Å². The minimum absolute atomic E-state index is 0.00407. The first-order valence-corrected chi connectivity index (χ1v) is 9.95. The molecule has 4 heteroatoms. The molecule has 3 aromatic carbocycles. The molecule has 0 radical (unpaired) electrons. The number of hydrogen-bond acceptors (Lipinski definition) is 3. The Balaban J connectivity index is 1.73. The van der Waals surface area contributed by atoms with Gasteiger partial charge in [0.1, 0.15) is 0 Å². The van der Waals surface area contributed by atoms with E-state index in [2.05, 4.69) is 26.2 Å².